The minimum atomic E-state index is -4.93. The second-order valence-corrected chi connectivity index (χ2v) is 16.8. The Bertz CT molecular complexity index is 1260. The number of aromatic nitrogens is 3. The van der Waals surface area contributed by atoms with Gasteiger partial charge in [0.15, 0.2) is 0 Å². The van der Waals surface area contributed by atoms with Crippen LogP contribution in [0.3, 0.4) is 0 Å². The van der Waals surface area contributed by atoms with E-state index in [9.17, 15) is 26.0 Å². The largest absolute Gasteiger partial charge is 0.409 e. The SMILES string of the molecule is CCN([C@H](c1ccc(F)cc1)C(F)(F)F)S(=O)(=O)c1ccc2c(c1)nnn2COCC[Si](C)(C)C. The van der Waals surface area contributed by atoms with Crippen LogP contribution in [0.1, 0.15) is 18.5 Å². The predicted molar refractivity (Wildman–Crippen MR) is 126 cm³/mol. The van der Waals surface area contributed by atoms with E-state index in [2.05, 4.69) is 30.0 Å². The number of hydrogen-bond acceptors (Lipinski definition) is 5. The van der Waals surface area contributed by atoms with E-state index < -0.39 is 42.7 Å². The Morgan fingerprint density at radius 1 is 1.11 bits per heavy atom. The van der Waals surface area contributed by atoms with Gasteiger partial charge in [0, 0.05) is 21.2 Å². The zero-order valence-electron chi connectivity index (χ0n) is 19.9. The Labute approximate surface area is 202 Å². The molecule has 0 bridgehead atoms. The van der Waals surface area contributed by atoms with Crippen LogP contribution >= 0.6 is 0 Å². The molecule has 0 aliphatic rings. The molecule has 0 saturated carbocycles. The van der Waals surface area contributed by atoms with Gasteiger partial charge in [-0.1, -0.05) is 43.9 Å². The van der Waals surface area contributed by atoms with Crippen LogP contribution in [0.15, 0.2) is 47.4 Å². The highest BCUT2D eigenvalue weighted by Crippen LogP contribution is 2.40. The Morgan fingerprint density at radius 2 is 1.77 bits per heavy atom. The summed E-state index contributed by atoms with van der Waals surface area (Å²) in [4.78, 5) is -0.352. The van der Waals surface area contributed by atoms with Gasteiger partial charge < -0.3 is 4.74 Å². The molecular weight excluding hydrogens is 504 g/mol. The van der Waals surface area contributed by atoms with Crippen molar-refractivity contribution in [2.45, 2.75) is 56.5 Å². The second-order valence-electron chi connectivity index (χ2n) is 9.29. The molecule has 0 N–H and O–H groups in total. The molecule has 1 aromatic heterocycles. The fraction of sp³-hybridized carbons (Fsp3) is 0.455. The van der Waals surface area contributed by atoms with Crippen molar-refractivity contribution in [3.05, 3.63) is 53.8 Å². The molecule has 13 heteroatoms. The number of benzene rings is 2. The average Bonchev–Trinajstić information content (AvgIpc) is 3.16. The van der Waals surface area contributed by atoms with Crippen LogP contribution in [0.5, 0.6) is 0 Å². The highest BCUT2D eigenvalue weighted by molar-refractivity contribution is 7.89. The van der Waals surface area contributed by atoms with Crippen LogP contribution in [-0.2, 0) is 21.5 Å². The van der Waals surface area contributed by atoms with E-state index in [1.54, 1.807) is 0 Å². The van der Waals surface area contributed by atoms with Crippen molar-refractivity contribution in [3.63, 3.8) is 0 Å². The lowest BCUT2D eigenvalue weighted by atomic mass is 10.1. The van der Waals surface area contributed by atoms with Gasteiger partial charge in [0.25, 0.3) is 0 Å². The number of ether oxygens (including phenoxy) is 1. The van der Waals surface area contributed by atoms with E-state index in [1.807, 2.05) is 0 Å². The number of sulfonamides is 1. The van der Waals surface area contributed by atoms with Crippen molar-refractivity contribution in [3.8, 4) is 0 Å². The lowest BCUT2D eigenvalue weighted by Crippen LogP contribution is -2.42. The fourth-order valence-corrected chi connectivity index (χ4v) is 5.91. The van der Waals surface area contributed by atoms with Gasteiger partial charge in [-0.25, -0.2) is 17.5 Å². The number of alkyl halides is 3. The molecule has 0 fully saturated rings. The molecule has 0 aliphatic carbocycles. The first-order valence-corrected chi connectivity index (χ1v) is 16.1. The third-order valence-electron chi connectivity index (χ3n) is 5.40. The van der Waals surface area contributed by atoms with Gasteiger partial charge in [-0.3, -0.25) is 0 Å². The molecule has 0 aliphatic heterocycles. The number of rotatable bonds is 10. The van der Waals surface area contributed by atoms with Crippen molar-refractivity contribution < 1.29 is 30.7 Å². The predicted octanol–water partition coefficient (Wildman–Crippen LogP) is 5.20. The number of hydrogen-bond donors (Lipinski definition) is 0. The Balaban J connectivity index is 1.91. The van der Waals surface area contributed by atoms with Crippen molar-refractivity contribution in [1.29, 1.82) is 0 Å². The summed E-state index contributed by atoms with van der Waals surface area (Å²) in [5, 5.41) is 7.94. The smallest absolute Gasteiger partial charge is 0.359 e. The highest BCUT2D eigenvalue weighted by Gasteiger charge is 2.48. The van der Waals surface area contributed by atoms with Gasteiger partial charge in [0.05, 0.1) is 10.4 Å². The maximum absolute atomic E-state index is 14.0. The summed E-state index contributed by atoms with van der Waals surface area (Å²) in [6.07, 6.45) is -4.93. The van der Waals surface area contributed by atoms with Crippen LogP contribution in [0.25, 0.3) is 11.0 Å². The van der Waals surface area contributed by atoms with Gasteiger partial charge >= 0.3 is 6.18 Å². The zero-order valence-corrected chi connectivity index (χ0v) is 21.7. The molecule has 0 amide bonds. The topological polar surface area (TPSA) is 77.3 Å². The van der Waals surface area contributed by atoms with E-state index in [0.717, 1.165) is 30.3 Å². The van der Waals surface area contributed by atoms with E-state index >= 15 is 0 Å². The molecule has 0 saturated heterocycles. The van der Waals surface area contributed by atoms with Crippen LogP contribution in [0, 0.1) is 5.82 Å². The Hall–Kier alpha value is -2.35. The molecule has 35 heavy (non-hydrogen) atoms. The summed E-state index contributed by atoms with van der Waals surface area (Å²) in [5.74, 6) is -0.724. The standard InChI is InChI=1S/C22H28F4N4O3SSi/c1-5-30(21(22(24,25)26)16-6-8-17(23)9-7-16)34(31,32)18-10-11-20-19(14-18)27-28-29(20)15-33-12-13-35(2,3)4/h6-11,14,21H,5,12-13,15H2,1-4H3/t21-/m1/s1. The van der Waals surface area contributed by atoms with Crippen LogP contribution < -0.4 is 0 Å². The summed E-state index contributed by atoms with van der Waals surface area (Å²) in [7, 11) is -5.86. The fourth-order valence-electron chi connectivity index (χ4n) is 3.53. The van der Waals surface area contributed by atoms with Crippen molar-refractivity contribution in [2.24, 2.45) is 0 Å². The Morgan fingerprint density at radius 3 is 2.34 bits per heavy atom. The average molecular weight is 533 g/mol. The first kappa shape index (κ1) is 27.2. The van der Waals surface area contributed by atoms with Crippen molar-refractivity contribution in [1.82, 2.24) is 19.3 Å². The maximum atomic E-state index is 14.0. The van der Waals surface area contributed by atoms with E-state index in [0.29, 0.717) is 16.4 Å². The molecule has 7 nitrogen and oxygen atoms in total. The summed E-state index contributed by atoms with van der Waals surface area (Å²) in [6.45, 7) is 8.20. The van der Waals surface area contributed by atoms with Gasteiger partial charge in [-0.05, 0) is 41.9 Å². The normalized spacial score (nSPS) is 14.1. The van der Waals surface area contributed by atoms with Gasteiger partial charge in [0.1, 0.15) is 24.1 Å². The molecule has 0 unspecified atom stereocenters. The van der Waals surface area contributed by atoms with Crippen molar-refractivity contribution >= 4 is 29.1 Å². The summed E-state index contributed by atoms with van der Waals surface area (Å²) >= 11 is 0. The summed E-state index contributed by atoms with van der Waals surface area (Å²) in [5.41, 5.74) is 0.319. The number of nitrogens with zero attached hydrogens (tertiary/aromatic N) is 4. The minimum Gasteiger partial charge on any atom is -0.359 e. The quantitative estimate of drug-likeness (QED) is 0.204. The van der Waals surface area contributed by atoms with Crippen LogP contribution in [-0.4, -0.2) is 55.1 Å². The first-order valence-electron chi connectivity index (χ1n) is 11.0. The third-order valence-corrected chi connectivity index (χ3v) is 9.04. The first-order chi connectivity index (χ1) is 16.2. The molecule has 1 atom stereocenters. The molecule has 2 aromatic carbocycles. The molecular formula is C22H28F4N4O3SSi. The highest BCUT2D eigenvalue weighted by atomic mass is 32.2. The lowest BCUT2D eigenvalue weighted by Gasteiger charge is -2.31. The van der Waals surface area contributed by atoms with Gasteiger partial charge in [0.2, 0.25) is 10.0 Å². The van der Waals surface area contributed by atoms with E-state index in [1.165, 1.54) is 29.8 Å². The van der Waals surface area contributed by atoms with E-state index in [4.69, 9.17) is 4.74 Å². The van der Waals surface area contributed by atoms with E-state index in [-0.39, 0.29) is 22.7 Å². The monoisotopic (exact) mass is 532 g/mol. The van der Waals surface area contributed by atoms with Crippen molar-refractivity contribution in [2.75, 3.05) is 13.2 Å². The molecule has 0 spiro atoms. The Kier molecular flexibility index (Phi) is 8.04. The zero-order chi connectivity index (χ0) is 26.0. The molecule has 192 valence electrons. The van der Waals surface area contributed by atoms with Crippen LogP contribution in [0.2, 0.25) is 25.7 Å². The molecule has 1 heterocycles. The number of halogens is 4. The lowest BCUT2D eigenvalue weighted by molar-refractivity contribution is -0.173. The minimum absolute atomic E-state index is 0.120. The molecule has 0 radical (unpaired) electrons. The van der Waals surface area contributed by atoms with Gasteiger partial charge in [-0.15, -0.1) is 5.10 Å². The summed E-state index contributed by atoms with van der Waals surface area (Å²) in [6, 6.07) is 5.93. The second kappa shape index (κ2) is 10.3. The molecule has 3 rings (SSSR count). The third kappa shape index (κ3) is 6.45. The number of fused-ring (bicyclic) bond motifs is 1. The molecule has 3 aromatic rings. The van der Waals surface area contributed by atoms with Gasteiger partial charge in [-0.2, -0.15) is 17.5 Å². The van der Waals surface area contributed by atoms with Crippen LogP contribution in [0.4, 0.5) is 17.6 Å². The summed E-state index contributed by atoms with van der Waals surface area (Å²) < 4.78 is 89.5. The maximum Gasteiger partial charge on any atom is 0.409 e.